The van der Waals surface area contributed by atoms with Crippen molar-refractivity contribution >= 4 is 40.7 Å². The molecule has 0 spiro atoms. The number of hydrogen-bond donors (Lipinski definition) is 2. The second-order valence-corrected chi connectivity index (χ2v) is 5.85. The molecule has 0 aliphatic carbocycles. The molecule has 0 unspecified atom stereocenters. The lowest BCUT2D eigenvalue weighted by atomic mass is 10.1. The number of aromatic hydroxyl groups is 2. The fourth-order valence-corrected chi connectivity index (χ4v) is 2.69. The Morgan fingerprint density at radius 1 is 1.00 bits per heavy atom. The van der Waals surface area contributed by atoms with E-state index in [0.717, 1.165) is 4.90 Å². The molecule has 2 aromatic carbocycles. The molecule has 0 aliphatic rings. The normalized spacial score (nSPS) is 10.5. The number of Topliss-reactive ketones (excluding diaryl/α,β-unsaturated/α-hetero) is 1. The second-order valence-electron chi connectivity index (χ2n) is 3.99. The van der Waals surface area contributed by atoms with E-state index < -0.39 is 0 Å². The van der Waals surface area contributed by atoms with Crippen LogP contribution in [0.2, 0.25) is 10.0 Å². The minimum atomic E-state index is -0.310. The van der Waals surface area contributed by atoms with Crippen LogP contribution in [0.5, 0.6) is 11.5 Å². The quantitative estimate of drug-likeness (QED) is 0.496. The Balaban J connectivity index is 2.04. The van der Waals surface area contributed by atoms with Gasteiger partial charge in [0.05, 0.1) is 15.8 Å². The molecule has 0 heterocycles. The van der Waals surface area contributed by atoms with Gasteiger partial charge in [-0.3, -0.25) is 4.79 Å². The van der Waals surface area contributed by atoms with E-state index in [1.54, 1.807) is 18.2 Å². The highest BCUT2D eigenvalue weighted by Crippen LogP contribution is 2.29. The third kappa shape index (κ3) is 3.60. The van der Waals surface area contributed by atoms with Gasteiger partial charge in [-0.15, -0.1) is 11.8 Å². The molecule has 0 aliphatic heterocycles. The smallest absolute Gasteiger partial charge is 0.173 e. The third-order valence-electron chi connectivity index (χ3n) is 2.56. The number of ketones is 1. The minimum Gasteiger partial charge on any atom is -0.504 e. The van der Waals surface area contributed by atoms with Crippen LogP contribution in [0.3, 0.4) is 0 Å². The monoisotopic (exact) mass is 328 g/mol. The lowest BCUT2D eigenvalue weighted by molar-refractivity contribution is 0.102. The van der Waals surface area contributed by atoms with Crippen LogP contribution < -0.4 is 0 Å². The highest BCUT2D eigenvalue weighted by Gasteiger charge is 2.10. The van der Waals surface area contributed by atoms with Crippen LogP contribution in [0.25, 0.3) is 0 Å². The standard InChI is InChI=1S/C14H10Cl2O3S/c15-10-3-2-9(6-11(10)16)20-7-14(19)8-1-4-12(17)13(18)5-8/h1-6,17-18H,7H2. The average molecular weight is 329 g/mol. The first-order valence-corrected chi connectivity index (χ1v) is 7.34. The molecule has 0 aromatic heterocycles. The summed E-state index contributed by atoms with van der Waals surface area (Å²) in [5, 5.41) is 19.5. The zero-order chi connectivity index (χ0) is 14.7. The van der Waals surface area contributed by atoms with Gasteiger partial charge in [0.1, 0.15) is 0 Å². The average Bonchev–Trinajstić information content (AvgIpc) is 2.43. The Morgan fingerprint density at radius 2 is 1.75 bits per heavy atom. The maximum Gasteiger partial charge on any atom is 0.173 e. The van der Waals surface area contributed by atoms with Crippen molar-refractivity contribution in [2.24, 2.45) is 0 Å². The Kier molecular flexibility index (Phi) is 4.81. The number of carbonyl (C=O) groups excluding carboxylic acids is 1. The van der Waals surface area contributed by atoms with Crippen LogP contribution >= 0.6 is 35.0 Å². The molecule has 2 rings (SSSR count). The van der Waals surface area contributed by atoms with E-state index in [2.05, 4.69) is 0 Å². The van der Waals surface area contributed by atoms with E-state index in [9.17, 15) is 15.0 Å². The number of thioether (sulfide) groups is 1. The van der Waals surface area contributed by atoms with Gasteiger partial charge in [0.2, 0.25) is 0 Å². The topological polar surface area (TPSA) is 57.5 Å². The van der Waals surface area contributed by atoms with Crippen molar-refractivity contribution in [1.29, 1.82) is 0 Å². The maximum atomic E-state index is 12.0. The predicted octanol–water partition coefficient (Wildman–Crippen LogP) is 4.38. The van der Waals surface area contributed by atoms with Crippen molar-refractivity contribution in [2.45, 2.75) is 4.90 Å². The van der Waals surface area contributed by atoms with E-state index >= 15 is 0 Å². The number of halogens is 2. The molecule has 2 aromatic rings. The van der Waals surface area contributed by atoms with Gasteiger partial charge in [-0.1, -0.05) is 23.2 Å². The second kappa shape index (κ2) is 6.39. The minimum absolute atomic E-state index is 0.156. The summed E-state index contributed by atoms with van der Waals surface area (Å²) in [5.74, 6) is -0.521. The van der Waals surface area contributed by atoms with Gasteiger partial charge in [0.25, 0.3) is 0 Å². The van der Waals surface area contributed by atoms with Crippen molar-refractivity contribution < 1.29 is 15.0 Å². The summed E-state index contributed by atoms with van der Waals surface area (Å²) < 4.78 is 0. The number of rotatable bonds is 4. The fraction of sp³-hybridized carbons (Fsp3) is 0.0714. The van der Waals surface area contributed by atoms with Gasteiger partial charge in [0, 0.05) is 10.5 Å². The summed E-state index contributed by atoms with van der Waals surface area (Å²) in [6.07, 6.45) is 0. The first-order valence-electron chi connectivity index (χ1n) is 5.60. The predicted molar refractivity (Wildman–Crippen MR) is 81.3 cm³/mol. The highest BCUT2D eigenvalue weighted by atomic mass is 35.5. The van der Waals surface area contributed by atoms with E-state index in [4.69, 9.17) is 23.2 Å². The lowest BCUT2D eigenvalue weighted by Crippen LogP contribution is -2.01. The Morgan fingerprint density at radius 3 is 2.40 bits per heavy atom. The molecule has 0 amide bonds. The summed E-state index contributed by atoms with van der Waals surface area (Å²) in [5.41, 5.74) is 0.341. The van der Waals surface area contributed by atoms with Crippen molar-refractivity contribution in [3.05, 3.63) is 52.0 Å². The Labute approximate surface area is 130 Å². The molecule has 0 radical (unpaired) electrons. The van der Waals surface area contributed by atoms with E-state index in [1.807, 2.05) is 0 Å². The van der Waals surface area contributed by atoms with Gasteiger partial charge in [-0.05, 0) is 36.4 Å². The van der Waals surface area contributed by atoms with Crippen molar-refractivity contribution in [3.63, 3.8) is 0 Å². The van der Waals surface area contributed by atoms with E-state index in [0.29, 0.717) is 15.6 Å². The first-order chi connectivity index (χ1) is 9.47. The van der Waals surface area contributed by atoms with Crippen molar-refractivity contribution in [2.75, 3.05) is 5.75 Å². The van der Waals surface area contributed by atoms with Crippen LogP contribution in [0.4, 0.5) is 0 Å². The molecule has 0 fully saturated rings. The molecule has 104 valence electrons. The van der Waals surface area contributed by atoms with Gasteiger partial charge < -0.3 is 10.2 Å². The number of hydrogen-bond acceptors (Lipinski definition) is 4. The van der Waals surface area contributed by atoms with Crippen molar-refractivity contribution in [3.8, 4) is 11.5 Å². The zero-order valence-corrected chi connectivity index (χ0v) is 12.5. The van der Waals surface area contributed by atoms with Crippen LogP contribution in [-0.4, -0.2) is 21.7 Å². The molecule has 20 heavy (non-hydrogen) atoms. The first kappa shape index (κ1) is 15.0. The van der Waals surface area contributed by atoms with Crippen LogP contribution in [0.1, 0.15) is 10.4 Å². The largest absolute Gasteiger partial charge is 0.504 e. The fourth-order valence-electron chi connectivity index (χ4n) is 1.50. The van der Waals surface area contributed by atoms with E-state index in [1.165, 1.54) is 30.0 Å². The van der Waals surface area contributed by atoms with Gasteiger partial charge in [0.15, 0.2) is 17.3 Å². The third-order valence-corrected chi connectivity index (χ3v) is 4.29. The molecular weight excluding hydrogens is 319 g/mol. The molecule has 0 saturated carbocycles. The summed E-state index contributed by atoms with van der Waals surface area (Å²) in [6, 6.07) is 9.13. The molecule has 2 N–H and O–H groups in total. The SMILES string of the molecule is O=C(CSc1ccc(Cl)c(Cl)c1)c1ccc(O)c(O)c1. The van der Waals surface area contributed by atoms with E-state index in [-0.39, 0.29) is 23.0 Å². The van der Waals surface area contributed by atoms with Crippen molar-refractivity contribution in [1.82, 2.24) is 0 Å². The molecule has 0 saturated heterocycles. The van der Waals surface area contributed by atoms with Gasteiger partial charge >= 0.3 is 0 Å². The lowest BCUT2D eigenvalue weighted by Gasteiger charge is -2.04. The number of carbonyl (C=O) groups is 1. The summed E-state index contributed by atoms with van der Waals surface area (Å²) >= 11 is 13.0. The summed E-state index contributed by atoms with van der Waals surface area (Å²) in [7, 11) is 0. The van der Waals surface area contributed by atoms with Gasteiger partial charge in [-0.25, -0.2) is 0 Å². The summed E-state index contributed by atoms with van der Waals surface area (Å²) in [6.45, 7) is 0. The van der Waals surface area contributed by atoms with Crippen LogP contribution in [0, 0.1) is 0 Å². The van der Waals surface area contributed by atoms with Gasteiger partial charge in [-0.2, -0.15) is 0 Å². The number of phenols is 2. The highest BCUT2D eigenvalue weighted by molar-refractivity contribution is 8.00. The Bertz CT molecular complexity index is 659. The summed E-state index contributed by atoms with van der Waals surface area (Å²) in [4.78, 5) is 12.8. The molecular formula is C14H10Cl2O3S. The Hall–Kier alpha value is -1.36. The molecule has 0 atom stereocenters. The zero-order valence-electron chi connectivity index (χ0n) is 10.1. The number of benzene rings is 2. The number of phenolic OH excluding ortho intramolecular Hbond substituents is 2. The molecule has 3 nitrogen and oxygen atoms in total. The van der Waals surface area contributed by atoms with Crippen LogP contribution in [-0.2, 0) is 0 Å². The molecule has 6 heteroatoms. The molecule has 0 bridgehead atoms. The maximum absolute atomic E-state index is 12.0. The van der Waals surface area contributed by atoms with Crippen LogP contribution in [0.15, 0.2) is 41.3 Å².